The Balaban J connectivity index is 0.000000269. The van der Waals surface area contributed by atoms with Crippen LogP contribution in [-0.2, 0) is 12.7 Å². The van der Waals surface area contributed by atoms with Gasteiger partial charge in [0.05, 0.1) is 5.56 Å². The summed E-state index contributed by atoms with van der Waals surface area (Å²) in [5.74, 6) is 1.13. The van der Waals surface area contributed by atoms with Crippen LogP contribution < -0.4 is 5.73 Å². The Labute approximate surface area is 106 Å². The summed E-state index contributed by atoms with van der Waals surface area (Å²) in [6.45, 7) is 3.96. The van der Waals surface area contributed by atoms with Crippen molar-refractivity contribution >= 4 is 0 Å². The molecule has 2 rings (SSSR count). The summed E-state index contributed by atoms with van der Waals surface area (Å²) in [6.07, 6.45) is 0.171. The second-order valence-corrected chi connectivity index (χ2v) is 4.70. The third-order valence-corrected chi connectivity index (χ3v) is 3.11. The van der Waals surface area contributed by atoms with Gasteiger partial charge in [-0.05, 0) is 30.0 Å². The van der Waals surface area contributed by atoms with E-state index in [2.05, 4.69) is 6.92 Å². The molecule has 0 amide bonds. The normalized spacial score (nSPS) is 15.0. The predicted molar refractivity (Wildman–Crippen MR) is 67.1 cm³/mol. The molecule has 0 aliphatic heterocycles. The molecule has 1 aromatic rings. The molecule has 4 heteroatoms. The lowest BCUT2D eigenvalue weighted by Crippen LogP contribution is -2.08. The van der Waals surface area contributed by atoms with E-state index in [-0.39, 0.29) is 12.1 Å². The Morgan fingerprint density at radius 1 is 1.28 bits per heavy atom. The van der Waals surface area contributed by atoms with Crippen LogP contribution in [0.1, 0.15) is 42.9 Å². The van der Waals surface area contributed by atoms with E-state index < -0.39 is 11.7 Å². The highest BCUT2D eigenvalue weighted by atomic mass is 19.4. The number of aryl methyl sites for hydroxylation is 1. The molecule has 0 unspecified atom stereocenters. The fourth-order valence-corrected chi connectivity index (χ4v) is 1.70. The fourth-order valence-electron chi connectivity index (χ4n) is 1.70. The monoisotopic (exact) mass is 259 g/mol. The maximum atomic E-state index is 12.3. The van der Waals surface area contributed by atoms with Gasteiger partial charge in [0.1, 0.15) is 0 Å². The molecule has 1 aromatic carbocycles. The first-order valence-corrected chi connectivity index (χ1v) is 6.25. The van der Waals surface area contributed by atoms with Gasteiger partial charge in [-0.15, -0.1) is 0 Å². The van der Waals surface area contributed by atoms with Crippen LogP contribution in [0.3, 0.4) is 0 Å². The van der Waals surface area contributed by atoms with Crippen molar-refractivity contribution in [3.05, 3.63) is 34.9 Å². The number of benzene rings is 1. The second-order valence-electron chi connectivity index (χ2n) is 4.70. The number of halogens is 3. The topological polar surface area (TPSA) is 26.0 Å². The van der Waals surface area contributed by atoms with Crippen LogP contribution in [0.4, 0.5) is 13.2 Å². The largest absolute Gasteiger partial charge is 0.416 e. The van der Waals surface area contributed by atoms with Crippen LogP contribution in [0.25, 0.3) is 0 Å². The molecule has 1 nitrogen and oxygen atoms in total. The zero-order valence-corrected chi connectivity index (χ0v) is 10.8. The summed E-state index contributed by atoms with van der Waals surface area (Å²) in [7, 11) is 0. The van der Waals surface area contributed by atoms with E-state index >= 15 is 0 Å². The van der Waals surface area contributed by atoms with E-state index in [1.807, 2.05) is 0 Å². The van der Waals surface area contributed by atoms with E-state index in [1.165, 1.54) is 38.3 Å². The zero-order chi connectivity index (χ0) is 13.8. The van der Waals surface area contributed by atoms with Gasteiger partial charge >= 0.3 is 6.18 Å². The molecule has 0 spiro atoms. The maximum Gasteiger partial charge on any atom is 0.416 e. The van der Waals surface area contributed by atoms with Gasteiger partial charge in [-0.25, -0.2) is 0 Å². The molecule has 2 N–H and O–H groups in total. The number of alkyl halides is 3. The van der Waals surface area contributed by atoms with Gasteiger partial charge in [0.25, 0.3) is 0 Å². The highest BCUT2D eigenvalue weighted by Crippen LogP contribution is 2.32. The van der Waals surface area contributed by atoms with E-state index in [9.17, 15) is 13.2 Å². The van der Waals surface area contributed by atoms with Crippen molar-refractivity contribution in [3.63, 3.8) is 0 Å². The number of hydrogen-bond acceptors (Lipinski definition) is 1. The molecule has 18 heavy (non-hydrogen) atoms. The fraction of sp³-hybridized carbons (Fsp3) is 0.571. The molecule has 0 heterocycles. The van der Waals surface area contributed by atoms with Gasteiger partial charge in [0, 0.05) is 6.54 Å². The summed E-state index contributed by atoms with van der Waals surface area (Å²) >= 11 is 0. The molecule has 0 bridgehead atoms. The van der Waals surface area contributed by atoms with Crippen LogP contribution in [0.15, 0.2) is 18.2 Å². The van der Waals surface area contributed by atoms with Gasteiger partial charge in [-0.3, -0.25) is 0 Å². The molecule has 1 aliphatic rings. The first-order valence-electron chi connectivity index (χ1n) is 6.25. The SMILES string of the molecule is CCC1CC1.Cc1cc(CN)ccc1C(F)(F)F. The van der Waals surface area contributed by atoms with Gasteiger partial charge < -0.3 is 5.73 Å². The molecule has 1 aliphatic carbocycles. The Morgan fingerprint density at radius 2 is 1.89 bits per heavy atom. The first-order chi connectivity index (χ1) is 8.38. The molecular weight excluding hydrogens is 239 g/mol. The molecule has 1 saturated carbocycles. The second kappa shape index (κ2) is 6.23. The lowest BCUT2D eigenvalue weighted by molar-refractivity contribution is -0.138. The molecule has 0 atom stereocenters. The van der Waals surface area contributed by atoms with Crippen molar-refractivity contribution in [3.8, 4) is 0 Å². The first kappa shape index (κ1) is 15.0. The minimum Gasteiger partial charge on any atom is -0.326 e. The minimum absolute atomic E-state index is 0.218. The standard InChI is InChI=1S/C9H10F3N.C5H10/c1-6-4-7(5-13)2-3-8(6)9(10,11)12;1-2-5-3-4-5/h2-4H,5,13H2,1H3;5H,2-4H2,1H3. The Bertz CT molecular complexity index is 381. The predicted octanol–water partition coefficient (Wildman–Crippen LogP) is 4.28. The number of rotatable bonds is 2. The molecule has 1 fully saturated rings. The van der Waals surface area contributed by atoms with Crippen LogP contribution in [0.2, 0.25) is 0 Å². The van der Waals surface area contributed by atoms with Crippen molar-refractivity contribution in [1.29, 1.82) is 0 Å². The van der Waals surface area contributed by atoms with Gasteiger partial charge in [0.2, 0.25) is 0 Å². The van der Waals surface area contributed by atoms with E-state index in [0.717, 1.165) is 12.0 Å². The van der Waals surface area contributed by atoms with Gasteiger partial charge in [-0.2, -0.15) is 13.2 Å². The molecule has 0 radical (unpaired) electrons. The average Bonchev–Trinajstić information content (AvgIpc) is 3.11. The lowest BCUT2D eigenvalue weighted by atomic mass is 10.1. The van der Waals surface area contributed by atoms with Crippen LogP contribution >= 0.6 is 0 Å². The van der Waals surface area contributed by atoms with Crippen LogP contribution in [0.5, 0.6) is 0 Å². The number of hydrogen-bond donors (Lipinski definition) is 1. The summed E-state index contributed by atoms with van der Waals surface area (Å²) in [6, 6.07) is 3.93. The highest BCUT2D eigenvalue weighted by Gasteiger charge is 2.31. The maximum absolute atomic E-state index is 12.3. The average molecular weight is 259 g/mol. The minimum atomic E-state index is -4.27. The van der Waals surface area contributed by atoms with E-state index in [1.54, 1.807) is 0 Å². The smallest absolute Gasteiger partial charge is 0.326 e. The quantitative estimate of drug-likeness (QED) is 0.843. The van der Waals surface area contributed by atoms with Crippen LogP contribution in [0, 0.1) is 12.8 Å². The van der Waals surface area contributed by atoms with Gasteiger partial charge in [0.15, 0.2) is 0 Å². The summed E-state index contributed by atoms with van der Waals surface area (Å²) in [5, 5.41) is 0. The molecule has 0 aromatic heterocycles. The molecule has 0 saturated heterocycles. The summed E-state index contributed by atoms with van der Waals surface area (Å²) < 4.78 is 36.8. The zero-order valence-electron chi connectivity index (χ0n) is 10.8. The summed E-state index contributed by atoms with van der Waals surface area (Å²) in [5.41, 5.74) is 5.64. The van der Waals surface area contributed by atoms with E-state index in [4.69, 9.17) is 5.73 Å². The van der Waals surface area contributed by atoms with Crippen molar-refractivity contribution in [2.45, 2.75) is 45.8 Å². The van der Waals surface area contributed by atoms with Crippen molar-refractivity contribution in [2.24, 2.45) is 11.7 Å². The summed E-state index contributed by atoms with van der Waals surface area (Å²) in [4.78, 5) is 0. The number of nitrogens with two attached hydrogens (primary N) is 1. The van der Waals surface area contributed by atoms with E-state index in [0.29, 0.717) is 5.56 Å². The third-order valence-electron chi connectivity index (χ3n) is 3.11. The highest BCUT2D eigenvalue weighted by molar-refractivity contribution is 5.32. The van der Waals surface area contributed by atoms with Gasteiger partial charge in [-0.1, -0.05) is 38.3 Å². The van der Waals surface area contributed by atoms with Crippen LogP contribution in [-0.4, -0.2) is 0 Å². The Hall–Kier alpha value is -1.03. The third kappa shape index (κ3) is 4.69. The Kier molecular flexibility index (Phi) is 5.20. The van der Waals surface area contributed by atoms with Crippen molar-refractivity contribution in [1.82, 2.24) is 0 Å². The molecular formula is C14H20F3N. The van der Waals surface area contributed by atoms with Crippen molar-refractivity contribution < 1.29 is 13.2 Å². The Morgan fingerprint density at radius 3 is 2.17 bits per heavy atom. The lowest BCUT2D eigenvalue weighted by Gasteiger charge is -2.10. The van der Waals surface area contributed by atoms with Crippen molar-refractivity contribution in [2.75, 3.05) is 0 Å². The molecule has 102 valence electrons.